The molecule has 146 valence electrons. The van der Waals surface area contributed by atoms with Crippen molar-refractivity contribution in [1.82, 2.24) is 0 Å². The van der Waals surface area contributed by atoms with Gasteiger partial charge in [0, 0.05) is 12.2 Å². The van der Waals surface area contributed by atoms with Gasteiger partial charge >= 0.3 is 0 Å². The van der Waals surface area contributed by atoms with Crippen LogP contribution in [0.15, 0.2) is 48.5 Å². The Morgan fingerprint density at radius 1 is 1.04 bits per heavy atom. The first-order valence-electron chi connectivity index (χ1n) is 9.97. The third kappa shape index (κ3) is 7.56. The number of benzene rings is 2. The SMILES string of the molecule is CCCCCOC(C)CCC/C=C/c1ccc(-c2ccc(O)cc2)cc1F. The maximum atomic E-state index is 14.3. The maximum Gasteiger partial charge on any atom is 0.131 e. The van der Waals surface area contributed by atoms with Crippen LogP contribution in [0.25, 0.3) is 17.2 Å². The van der Waals surface area contributed by atoms with Gasteiger partial charge in [-0.05, 0) is 61.9 Å². The number of hydrogen-bond donors (Lipinski definition) is 1. The lowest BCUT2D eigenvalue weighted by atomic mass is 10.0. The second kappa shape index (κ2) is 11.6. The molecule has 0 saturated carbocycles. The predicted molar refractivity (Wildman–Crippen MR) is 111 cm³/mol. The van der Waals surface area contributed by atoms with E-state index in [1.807, 2.05) is 18.2 Å². The molecule has 0 aliphatic carbocycles. The first kappa shape index (κ1) is 21.2. The van der Waals surface area contributed by atoms with Crippen LogP contribution in [-0.2, 0) is 4.74 Å². The van der Waals surface area contributed by atoms with Crippen LogP contribution >= 0.6 is 0 Å². The molecule has 1 atom stereocenters. The van der Waals surface area contributed by atoms with Gasteiger partial charge in [-0.25, -0.2) is 4.39 Å². The molecule has 0 aliphatic heterocycles. The number of halogens is 1. The van der Waals surface area contributed by atoms with Crippen molar-refractivity contribution in [2.45, 2.75) is 58.5 Å². The molecule has 1 N–H and O–H groups in total. The smallest absolute Gasteiger partial charge is 0.131 e. The lowest BCUT2D eigenvalue weighted by Gasteiger charge is -2.12. The summed E-state index contributed by atoms with van der Waals surface area (Å²) in [6.45, 7) is 5.17. The second-order valence-electron chi connectivity index (χ2n) is 7.00. The molecule has 2 nitrogen and oxygen atoms in total. The molecule has 0 aliphatic rings. The van der Waals surface area contributed by atoms with Crippen LogP contribution in [-0.4, -0.2) is 17.8 Å². The number of rotatable bonds is 11. The summed E-state index contributed by atoms with van der Waals surface area (Å²) in [6, 6.07) is 12.0. The Morgan fingerprint density at radius 3 is 2.48 bits per heavy atom. The molecular weight excluding hydrogens is 339 g/mol. The van der Waals surface area contributed by atoms with Crippen molar-refractivity contribution in [2.75, 3.05) is 6.61 Å². The summed E-state index contributed by atoms with van der Waals surface area (Å²) in [5, 5.41) is 9.35. The van der Waals surface area contributed by atoms with Gasteiger partial charge in [0.25, 0.3) is 0 Å². The van der Waals surface area contributed by atoms with Gasteiger partial charge in [-0.3, -0.25) is 0 Å². The van der Waals surface area contributed by atoms with Crippen LogP contribution in [0.1, 0.15) is 57.9 Å². The van der Waals surface area contributed by atoms with Gasteiger partial charge in [0.15, 0.2) is 0 Å². The number of aromatic hydroxyl groups is 1. The zero-order valence-corrected chi connectivity index (χ0v) is 16.5. The maximum absolute atomic E-state index is 14.3. The van der Waals surface area contributed by atoms with E-state index in [4.69, 9.17) is 4.74 Å². The highest BCUT2D eigenvalue weighted by Gasteiger charge is 2.04. The van der Waals surface area contributed by atoms with Gasteiger partial charge in [0.2, 0.25) is 0 Å². The highest BCUT2D eigenvalue weighted by atomic mass is 19.1. The van der Waals surface area contributed by atoms with Crippen molar-refractivity contribution in [3.8, 4) is 16.9 Å². The minimum Gasteiger partial charge on any atom is -0.508 e. The van der Waals surface area contributed by atoms with Crippen molar-refractivity contribution in [3.05, 3.63) is 59.9 Å². The fourth-order valence-electron chi connectivity index (χ4n) is 2.95. The molecule has 27 heavy (non-hydrogen) atoms. The molecule has 2 aromatic rings. The lowest BCUT2D eigenvalue weighted by Crippen LogP contribution is -2.08. The molecule has 0 fully saturated rings. The molecule has 0 aromatic heterocycles. The van der Waals surface area contributed by atoms with E-state index in [-0.39, 0.29) is 17.7 Å². The number of hydrogen-bond acceptors (Lipinski definition) is 2. The first-order chi connectivity index (χ1) is 13.1. The van der Waals surface area contributed by atoms with Gasteiger partial charge < -0.3 is 9.84 Å². The third-order valence-corrected chi connectivity index (χ3v) is 4.63. The van der Waals surface area contributed by atoms with E-state index < -0.39 is 0 Å². The fourth-order valence-corrected chi connectivity index (χ4v) is 2.95. The van der Waals surface area contributed by atoms with Crippen LogP contribution in [0.4, 0.5) is 4.39 Å². The van der Waals surface area contributed by atoms with E-state index in [1.54, 1.807) is 30.3 Å². The van der Waals surface area contributed by atoms with E-state index in [9.17, 15) is 9.50 Å². The normalized spacial score (nSPS) is 12.6. The highest BCUT2D eigenvalue weighted by Crippen LogP contribution is 2.24. The number of ether oxygens (including phenoxy) is 1. The molecular formula is C24H31FO2. The van der Waals surface area contributed by atoms with Crippen LogP contribution in [0.3, 0.4) is 0 Å². The Labute approximate surface area is 162 Å². The van der Waals surface area contributed by atoms with E-state index >= 15 is 0 Å². The molecule has 1 unspecified atom stereocenters. The zero-order valence-electron chi connectivity index (χ0n) is 16.5. The van der Waals surface area contributed by atoms with Gasteiger partial charge in [0.1, 0.15) is 11.6 Å². The number of phenolic OH excluding ortho intramolecular Hbond substituents is 1. The Balaban J connectivity index is 1.77. The van der Waals surface area contributed by atoms with Crippen molar-refractivity contribution in [1.29, 1.82) is 0 Å². The Kier molecular flexibility index (Phi) is 9.06. The molecule has 0 amide bonds. The summed E-state index contributed by atoms with van der Waals surface area (Å²) in [7, 11) is 0. The van der Waals surface area contributed by atoms with Gasteiger partial charge in [-0.2, -0.15) is 0 Å². The summed E-state index contributed by atoms with van der Waals surface area (Å²) < 4.78 is 20.1. The van der Waals surface area contributed by atoms with Crippen molar-refractivity contribution in [3.63, 3.8) is 0 Å². The van der Waals surface area contributed by atoms with Crippen molar-refractivity contribution in [2.24, 2.45) is 0 Å². The average molecular weight is 371 g/mol. The molecule has 0 saturated heterocycles. The van der Waals surface area contributed by atoms with Gasteiger partial charge in [-0.15, -0.1) is 0 Å². The van der Waals surface area contributed by atoms with Crippen LogP contribution in [0.2, 0.25) is 0 Å². The van der Waals surface area contributed by atoms with Crippen molar-refractivity contribution >= 4 is 6.08 Å². The monoisotopic (exact) mass is 370 g/mol. The standard InChI is InChI=1S/C24H31FO2/c1-3-4-8-17-27-19(2)9-6-5-7-10-21-11-12-22(18-24(21)25)20-13-15-23(26)16-14-20/h7,10-16,18-19,26H,3-6,8-9,17H2,1-2H3/b10-7+. The van der Waals surface area contributed by atoms with E-state index in [1.165, 1.54) is 18.9 Å². The Morgan fingerprint density at radius 2 is 1.78 bits per heavy atom. The third-order valence-electron chi connectivity index (χ3n) is 4.63. The summed E-state index contributed by atoms with van der Waals surface area (Å²) >= 11 is 0. The minimum atomic E-state index is -0.232. The van der Waals surface area contributed by atoms with Crippen LogP contribution < -0.4 is 0 Å². The van der Waals surface area contributed by atoms with E-state index in [0.29, 0.717) is 5.56 Å². The van der Waals surface area contributed by atoms with Gasteiger partial charge in [-0.1, -0.05) is 56.2 Å². The molecule has 2 rings (SSSR count). The van der Waals surface area contributed by atoms with Crippen molar-refractivity contribution < 1.29 is 14.2 Å². The number of phenols is 1. The van der Waals surface area contributed by atoms with E-state index in [2.05, 4.69) is 13.8 Å². The zero-order chi connectivity index (χ0) is 19.5. The van der Waals surface area contributed by atoms with Crippen LogP contribution in [0.5, 0.6) is 5.75 Å². The predicted octanol–water partition coefficient (Wildman–Crippen LogP) is 6.98. The summed E-state index contributed by atoms with van der Waals surface area (Å²) in [6.07, 6.45) is 10.7. The summed E-state index contributed by atoms with van der Waals surface area (Å²) in [5.74, 6) is -0.0242. The Bertz CT molecular complexity index is 707. The molecule has 0 radical (unpaired) electrons. The average Bonchev–Trinajstić information content (AvgIpc) is 2.66. The Hall–Kier alpha value is -2.13. The largest absolute Gasteiger partial charge is 0.508 e. The summed E-state index contributed by atoms with van der Waals surface area (Å²) in [4.78, 5) is 0. The highest BCUT2D eigenvalue weighted by molar-refractivity contribution is 5.66. The topological polar surface area (TPSA) is 29.5 Å². The number of unbranched alkanes of at least 4 members (excludes halogenated alkanes) is 3. The second-order valence-corrected chi connectivity index (χ2v) is 7.00. The first-order valence-corrected chi connectivity index (χ1v) is 9.97. The molecule has 0 spiro atoms. The molecule has 2 aromatic carbocycles. The summed E-state index contributed by atoms with van der Waals surface area (Å²) in [5.41, 5.74) is 2.29. The van der Waals surface area contributed by atoms with Crippen LogP contribution in [0, 0.1) is 5.82 Å². The molecule has 3 heteroatoms. The van der Waals surface area contributed by atoms with E-state index in [0.717, 1.165) is 43.4 Å². The molecule has 0 heterocycles. The fraction of sp³-hybridized carbons (Fsp3) is 0.417. The van der Waals surface area contributed by atoms with Gasteiger partial charge in [0.05, 0.1) is 6.10 Å². The minimum absolute atomic E-state index is 0.208. The molecule has 0 bridgehead atoms. The number of allylic oxidation sites excluding steroid dienone is 1. The quantitative estimate of drug-likeness (QED) is 0.432. The lowest BCUT2D eigenvalue weighted by molar-refractivity contribution is 0.0566.